The first-order valence-corrected chi connectivity index (χ1v) is 12.2. The number of hydrogen-bond acceptors (Lipinski definition) is 6. The third-order valence-electron chi connectivity index (χ3n) is 5.06. The van der Waals surface area contributed by atoms with Gasteiger partial charge >= 0.3 is 0 Å². The largest absolute Gasteiger partial charge is 0.253 e. The summed E-state index contributed by atoms with van der Waals surface area (Å²) in [5.74, 6) is 0.389. The highest BCUT2D eigenvalue weighted by Gasteiger charge is 2.28. The van der Waals surface area contributed by atoms with Crippen LogP contribution in [0.25, 0.3) is 11.3 Å². The maximum atomic E-state index is 13.1. The predicted octanol–water partition coefficient (Wildman–Crippen LogP) is 4.68. The fourth-order valence-electron chi connectivity index (χ4n) is 3.49. The minimum absolute atomic E-state index is 0.318. The van der Waals surface area contributed by atoms with Gasteiger partial charge < -0.3 is 0 Å². The molecule has 0 saturated carbocycles. The Hall–Kier alpha value is -2.55. The van der Waals surface area contributed by atoms with Crippen LogP contribution in [0.3, 0.4) is 0 Å². The van der Waals surface area contributed by atoms with Crippen LogP contribution in [-0.2, 0) is 10.0 Å². The van der Waals surface area contributed by atoms with E-state index in [0.717, 1.165) is 29.7 Å². The SMILES string of the molecule is CC1CCCN(S(=O)(=O)c2cccc(-c3csc(NN=Cc4ccccc4)n3)c2)C1. The molecule has 0 aliphatic carbocycles. The molecule has 156 valence electrons. The fraction of sp³-hybridized carbons (Fsp3) is 0.273. The molecule has 1 saturated heterocycles. The molecule has 1 unspecified atom stereocenters. The van der Waals surface area contributed by atoms with Crippen molar-refractivity contribution in [1.29, 1.82) is 0 Å². The summed E-state index contributed by atoms with van der Waals surface area (Å²) in [6, 6.07) is 16.8. The van der Waals surface area contributed by atoms with Gasteiger partial charge in [0.05, 0.1) is 16.8 Å². The van der Waals surface area contributed by atoms with Gasteiger partial charge in [0.1, 0.15) is 0 Å². The Labute approximate surface area is 181 Å². The third-order valence-corrected chi connectivity index (χ3v) is 7.67. The quantitative estimate of drug-likeness (QED) is 0.446. The van der Waals surface area contributed by atoms with Crippen LogP contribution in [0.15, 0.2) is 70.0 Å². The highest BCUT2D eigenvalue weighted by atomic mass is 32.2. The predicted molar refractivity (Wildman–Crippen MR) is 122 cm³/mol. The molecule has 1 fully saturated rings. The Bertz CT molecular complexity index is 1130. The summed E-state index contributed by atoms with van der Waals surface area (Å²) in [4.78, 5) is 4.86. The lowest BCUT2D eigenvalue weighted by Gasteiger charge is -2.30. The van der Waals surface area contributed by atoms with Crippen molar-refractivity contribution in [3.63, 3.8) is 0 Å². The summed E-state index contributed by atoms with van der Waals surface area (Å²) in [7, 11) is -3.49. The number of piperidine rings is 1. The molecule has 2 aromatic carbocycles. The number of sulfonamides is 1. The molecule has 6 nitrogen and oxygen atoms in total. The van der Waals surface area contributed by atoms with E-state index >= 15 is 0 Å². The summed E-state index contributed by atoms with van der Waals surface area (Å²) in [5.41, 5.74) is 5.43. The van der Waals surface area contributed by atoms with E-state index in [2.05, 4.69) is 22.4 Å². The Morgan fingerprint density at radius 1 is 1.20 bits per heavy atom. The molecule has 1 N–H and O–H groups in total. The maximum absolute atomic E-state index is 13.1. The number of benzene rings is 2. The van der Waals surface area contributed by atoms with E-state index in [1.807, 2.05) is 41.8 Å². The molecule has 8 heteroatoms. The fourth-order valence-corrected chi connectivity index (χ4v) is 5.80. The van der Waals surface area contributed by atoms with Crippen molar-refractivity contribution < 1.29 is 8.42 Å². The van der Waals surface area contributed by atoms with Gasteiger partial charge in [0, 0.05) is 24.0 Å². The second-order valence-corrected chi connectivity index (χ2v) is 10.3. The smallest absolute Gasteiger partial charge is 0.243 e. The number of hydrazone groups is 1. The molecule has 0 bridgehead atoms. The molecule has 1 aromatic heterocycles. The molecule has 0 radical (unpaired) electrons. The van der Waals surface area contributed by atoms with Crippen molar-refractivity contribution in [1.82, 2.24) is 9.29 Å². The lowest BCUT2D eigenvalue weighted by atomic mass is 10.0. The maximum Gasteiger partial charge on any atom is 0.243 e. The molecule has 1 aliphatic rings. The summed E-state index contributed by atoms with van der Waals surface area (Å²) in [5, 5.41) is 6.76. The highest BCUT2D eigenvalue weighted by molar-refractivity contribution is 7.89. The molecule has 2 heterocycles. The Morgan fingerprint density at radius 2 is 2.03 bits per heavy atom. The zero-order chi connectivity index (χ0) is 21.0. The topological polar surface area (TPSA) is 74.7 Å². The molecule has 1 aliphatic heterocycles. The zero-order valence-electron chi connectivity index (χ0n) is 16.7. The molecular weight excluding hydrogens is 416 g/mol. The Kier molecular flexibility index (Phi) is 6.26. The lowest BCUT2D eigenvalue weighted by molar-refractivity contribution is 0.281. The second kappa shape index (κ2) is 9.07. The van der Waals surface area contributed by atoms with Gasteiger partial charge in [-0.05, 0) is 36.5 Å². The van der Waals surface area contributed by atoms with Gasteiger partial charge in [-0.3, -0.25) is 5.43 Å². The van der Waals surface area contributed by atoms with Crippen molar-refractivity contribution in [2.45, 2.75) is 24.7 Å². The third kappa shape index (κ3) is 4.77. The van der Waals surface area contributed by atoms with E-state index < -0.39 is 10.0 Å². The monoisotopic (exact) mass is 440 g/mol. The van der Waals surface area contributed by atoms with Crippen LogP contribution >= 0.6 is 11.3 Å². The zero-order valence-corrected chi connectivity index (χ0v) is 18.4. The van der Waals surface area contributed by atoms with Gasteiger partial charge in [-0.25, -0.2) is 13.4 Å². The summed E-state index contributed by atoms with van der Waals surface area (Å²) < 4.78 is 27.8. The number of anilines is 1. The van der Waals surface area contributed by atoms with Crippen molar-refractivity contribution in [2.75, 3.05) is 18.5 Å². The first-order chi connectivity index (χ1) is 14.5. The first-order valence-electron chi connectivity index (χ1n) is 9.92. The van der Waals surface area contributed by atoms with E-state index in [9.17, 15) is 8.42 Å². The van der Waals surface area contributed by atoms with E-state index in [-0.39, 0.29) is 0 Å². The van der Waals surface area contributed by atoms with Crippen LogP contribution < -0.4 is 5.43 Å². The van der Waals surface area contributed by atoms with Crippen LogP contribution in [0.1, 0.15) is 25.3 Å². The van der Waals surface area contributed by atoms with Crippen LogP contribution in [-0.4, -0.2) is 37.0 Å². The normalized spacial score (nSPS) is 18.0. The van der Waals surface area contributed by atoms with E-state index in [4.69, 9.17) is 0 Å². The van der Waals surface area contributed by atoms with Gasteiger partial charge in [-0.2, -0.15) is 9.41 Å². The first kappa shape index (κ1) is 20.7. The van der Waals surface area contributed by atoms with E-state index in [1.165, 1.54) is 11.3 Å². The van der Waals surface area contributed by atoms with Crippen LogP contribution in [0, 0.1) is 5.92 Å². The standard InChI is InChI=1S/C22H24N4O2S2/c1-17-7-6-12-26(15-17)30(27,28)20-11-5-10-19(13-20)21-16-29-22(24-21)25-23-14-18-8-3-2-4-9-18/h2-5,8-11,13-14,16-17H,6-7,12,15H2,1H3,(H,24,25). The molecule has 0 amide bonds. The Morgan fingerprint density at radius 3 is 2.83 bits per heavy atom. The molecular formula is C22H24N4O2S2. The molecule has 1 atom stereocenters. The summed E-state index contributed by atoms with van der Waals surface area (Å²) >= 11 is 1.43. The number of rotatable bonds is 6. The second-order valence-electron chi connectivity index (χ2n) is 7.46. The number of aromatic nitrogens is 1. The van der Waals surface area contributed by atoms with Gasteiger partial charge in [0.2, 0.25) is 15.2 Å². The number of hydrogen-bond donors (Lipinski definition) is 1. The number of thiazole rings is 1. The van der Waals surface area contributed by atoms with Crippen molar-refractivity contribution in [2.24, 2.45) is 11.0 Å². The van der Waals surface area contributed by atoms with Crippen LogP contribution in [0.5, 0.6) is 0 Å². The minimum atomic E-state index is -3.49. The van der Waals surface area contributed by atoms with Crippen LogP contribution in [0.2, 0.25) is 0 Å². The van der Waals surface area contributed by atoms with Crippen molar-refractivity contribution in [3.8, 4) is 11.3 Å². The summed E-state index contributed by atoms with van der Waals surface area (Å²) in [6.45, 7) is 3.26. The number of nitrogens with one attached hydrogen (secondary N) is 1. The lowest BCUT2D eigenvalue weighted by Crippen LogP contribution is -2.39. The highest BCUT2D eigenvalue weighted by Crippen LogP contribution is 2.29. The van der Waals surface area contributed by atoms with Gasteiger partial charge in [-0.1, -0.05) is 49.4 Å². The van der Waals surface area contributed by atoms with Gasteiger partial charge in [0.25, 0.3) is 0 Å². The van der Waals surface area contributed by atoms with Gasteiger partial charge in [0.15, 0.2) is 0 Å². The van der Waals surface area contributed by atoms with Crippen molar-refractivity contribution in [3.05, 3.63) is 65.5 Å². The van der Waals surface area contributed by atoms with E-state index in [1.54, 1.807) is 28.7 Å². The van der Waals surface area contributed by atoms with E-state index in [0.29, 0.717) is 29.0 Å². The summed E-state index contributed by atoms with van der Waals surface area (Å²) in [6.07, 6.45) is 3.71. The minimum Gasteiger partial charge on any atom is -0.253 e. The van der Waals surface area contributed by atoms with Crippen molar-refractivity contribution >= 4 is 32.7 Å². The number of nitrogens with zero attached hydrogens (tertiary/aromatic N) is 3. The molecule has 0 spiro atoms. The average Bonchev–Trinajstić information content (AvgIpc) is 3.24. The van der Waals surface area contributed by atoms with Gasteiger partial charge in [-0.15, -0.1) is 11.3 Å². The molecule has 30 heavy (non-hydrogen) atoms. The average molecular weight is 441 g/mol. The molecule has 3 aromatic rings. The molecule has 4 rings (SSSR count). The van der Waals surface area contributed by atoms with Crippen LogP contribution in [0.4, 0.5) is 5.13 Å². The Balaban J connectivity index is 1.50.